The maximum Gasteiger partial charge on any atom is 0.301 e. The van der Waals surface area contributed by atoms with Crippen molar-refractivity contribution < 1.29 is 28.9 Å². The van der Waals surface area contributed by atoms with Gasteiger partial charge in [0.15, 0.2) is 16.6 Å². The van der Waals surface area contributed by atoms with Gasteiger partial charge in [-0.1, -0.05) is 36.4 Å². The minimum Gasteiger partial charge on any atom is -0.507 e. The van der Waals surface area contributed by atoms with Gasteiger partial charge in [-0.3, -0.25) is 14.5 Å². The van der Waals surface area contributed by atoms with E-state index in [9.17, 15) is 14.7 Å². The standard InChI is InChI=1S/C32H28N2O6S/c1-3-38-26-17-21(9-12-25(26)39-18-20-7-5-4-6-8-20)28-27(30(36)31(37)34(28)32-33-13-14-41-32)29(35)22-10-11-24-23(16-22)15-19(2)40-24/h4-14,16-17,19,28,35H,3,15,18H2,1-2H3/b29-27+/t19-,28-/m0/s1. The van der Waals surface area contributed by atoms with Crippen LogP contribution in [0.5, 0.6) is 17.2 Å². The molecule has 3 heterocycles. The second-order valence-corrected chi connectivity index (χ2v) is 10.7. The van der Waals surface area contributed by atoms with E-state index in [1.807, 2.05) is 50.2 Å². The third-order valence-electron chi connectivity index (χ3n) is 7.06. The van der Waals surface area contributed by atoms with E-state index in [1.54, 1.807) is 41.9 Å². The highest BCUT2D eigenvalue weighted by Gasteiger charge is 2.48. The Hall–Kier alpha value is -4.63. The number of hydrogen-bond acceptors (Lipinski definition) is 8. The molecule has 208 valence electrons. The monoisotopic (exact) mass is 568 g/mol. The lowest BCUT2D eigenvalue weighted by atomic mass is 9.94. The molecule has 0 bridgehead atoms. The number of thiazole rings is 1. The van der Waals surface area contributed by atoms with Gasteiger partial charge in [-0.2, -0.15) is 0 Å². The number of ketones is 1. The SMILES string of the molecule is CCOc1cc([C@H]2/C(=C(\O)c3ccc4c(c3)C[C@H](C)O4)C(=O)C(=O)N2c2nccs2)ccc1OCc1ccccc1. The van der Waals surface area contributed by atoms with Gasteiger partial charge in [-0.25, -0.2) is 4.98 Å². The largest absolute Gasteiger partial charge is 0.507 e. The molecule has 2 aliphatic heterocycles. The Labute approximate surface area is 241 Å². The average Bonchev–Trinajstić information content (AvgIpc) is 3.70. The molecule has 3 aromatic carbocycles. The Balaban J connectivity index is 1.44. The first kappa shape index (κ1) is 26.6. The van der Waals surface area contributed by atoms with Crippen molar-refractivity contribution in [3.63, 3.8) is 0 Å². The summed E-state index contributed by atoms with van der Waals surface area (Å²) in [6.45, 7) is 4.57. The van der Waals surface area contributed by atoms with Crippen LogP contribution in [-0.4, -0.2) is 34.5 Å². The van der Waals surface area contributed by atoms with Crippen molar-refractivity contribution in [2.24, 2.45) is 0 Å². The van der Waals surface area contributed by atoms with Gasteiger partial charge in [-0.15, -0.1) is 11.3 Å². The van der Waals surface area contributed by atoms with Crippen LogP contribution in [0.1, 0.15) is 42.1 Å². The number of aliphatic hydroxyl groups is 1. The Morgan fingerprint density at radius 2 is 1.90 bits per heavy atom. The van der Waals surface area contributed by atoms with Crippen LogP contribution in [0, 0.1) is 0 Å². The zero-order chi connectivity index (χ0) is 28.5. The molecule has 0 saturated carbocycles. The summed E-state index contributed by atoms with van der Waals surface area (Å²) >= 11 is 1.24. The van der Waals surface area contributed by atoms with Crippen molar-refractivity contribution in [2.75, 3.05) is 11.5 Å². The summed E-state index contributed by atoms with van der Waals surface area (Å²) < 4.78 is 17.8. The number of carbonyl (C=O) groups is 2. The van der Waals surface area contributed by atoms with Gasteiger partial charge >= 0.3 is 5.91 Å². The third-order valence-corrected chi connectivity index (χ3v) is 7.83. The van der Waals surface area contributed by atoms with Gasteiger partial charge in [0.05, 0.1) is 18.2 Å². The quantitative estimate of drug-likeness (QED) is 0.157. The molecule has 1 aromatic heterocycles. The first-order chi connectivity index (χ1) is 19.9. The van der Waals surface area contributed by atoms with Gasteiger partial charge in [0.2, 0.25) is 0 Å². The summed E-state index contributed by atoms with van der Waals surface area (Å²) in [5, 5.41) is 13.6. The van der Waals surface area contributed by atoms with E-state index in [1.165, 1.54) is 16.2 Å². The number of ether oxygens (including phenoxy) is 3. The minimum absolute atomic E-state index is 0.0162. The predicted molar refractivity (Wildman–Crippen MR) is 156 cm³/mol. The van der Waals surface area contributed by atoms with Crippen molar-refractivity contribution in [3.05, 3.63) is 106 Å². The van der Waals surface area contributed by atoms with E-state index in [0.29, 0.717) is 47.4 Å². The summed E-state index contributed by atoms with van der Waals surface area (Å²) in [6, 6.07) is 19.5. The van der Waals surface area contributed by atoms with Crippen molar-refractivity contribution in [1.29, 1.82) is 0 Å². The topological polar surface area (TPSA) is 98.2 Å². The zero-order valence-electron chi connectivity index (χ0n) is 22.6. The Morgan fingerprint density at radius 1 is 1.07 bits per heavy atom. The summed E-state index contributed by atoms with van der Waals surface area (Å²) in [7, 11) is 0. The summed E-state index contributed by atoms with van der Waals surface area (Å²) in [5.41, 5.74) is 2.94. The number of Topliss-reactive ketones (excluding diaryl/α,β-unsaturated/α-hetero) is 1. The Bertz CT molecular complexity index is 1630. The number of rotatable bonds is 8. The molecule has 0 radical (unpaired) electrons. The lowest BCUT2D eigenvalue weighted by Crippen LogP contribution is -2.29. The second kappa shape index (κ2) is 11.1. The van der Waals surface area contributed by atoms with E-state index in [0.717, 1.165) is 16.9 Å². The molecule has 0 aliphatic carbocycles. The molecular formula is C32H28N2O6S. The molecule has 8 nitrogen and oxygen atoms in total. The molecule has 4 aromatic rings. The number of benzene rings is 3. The van der Waals surface area contributed by atoms with Crippen molar-refractivity contribution in [1.82, 2.24) is 4.98 Å². The van der Waals surface area contributed by atoms with Crippen LogP contribution >= 0.6 is 11.3 Å². The van der Waals surface area contributed by atoms with Crippen LogP contribution in [0.4, 0.5) is 5.13 Å². The number of hydrogen-bond donors (Lipinski definition) is 1. The molecule has 1 amide bonds. The van der Waals surface area contributed by atoms with Crippen LogP contribution in [-0.2, 0) is 22.6 Å². The van der Waals surface area contributed by atoms with E-state index in [2.05, 4.69) is 4.98 Å². The summed E-state index contributed by atoms with van der Waals surface area (Å²) in [5.74, 6) is -0.0479. The molecular weight excluding hydrogens is 540 g/mol. The molecule has 2 atom stereocenters. The van der Waals surface area contributed by atoms with Gasteiger partial charge in [-0.05, 0) is 60.9 Å². The fraction of sp³-hybridized carbons (Fsp3) is 0.219. The lowest BCUT2D eigenvalue weighted by molar-refractivity contribution is -0.132. The van der Waals surface area contributed by atoms with Gasteiger partial charge in [0.25, 0.3) is 5.78 Å². The fourth-order valence-corrected chi connectivity index (χ4v) is 5.89. The number of amides is 1. The van der Waals surface area contributed by atoms with Gasteiger partial charge < -0.3 is 19.3 Å². The first-order valence-electron chi connectivity index (χ1n) is 13.4. The van der Waals surface area contributed by atoms with Crippen LogP contribution < -0.4 is 19.1 Å². The van der Waals surface area contributed by atoms with Crippen LogP contribution in [0.2, 0.25) is 0 Å². The van der Waals surface area contributed by atoms with Gasteiger partial charge in [0, 0.05) is 23.6 Å². The Morgan fingerprint density at radius 3 is 2.66 bits per heavy atom. The molecule has 1 N–H and O–H groups in total. The Kier molecular flexibility index (Phi) is 7.19. The lowest BCUT2D eigenvalue weighted by Gasteiger charge is -2.24. The summed E-state index contributed by atoms with van der Waals surface area (Å²) in [4.78, 5) is 32.6. The first-order valence-corrected chi connectivity index (χ1v) is 14.3. The molecule has 1 saturated heterocycles. The second-order valence-electron chi connectivity index (χ2n) is 9.85. The normalized spacial score (nSPS) is 19.2. The zero-order valence-corrected chi connectivity index (χ0v) is 23.4. The van der Waals surface area contributed by atoms with Crippen molar-refractivity contribution >= 4 is 33.9 Å². The fourth-order valence-electron chi connectivity index (χ4n) is 5.22. The van der Waals surface area contributed by atoms with E-state index < -0.39 is 17.7 Å². The third kappa shape index (κ3) is 5.04. The maximum atomic E-state index is 13.5. The maximum absolute atomic E-state index is 13.5. The molecule has 1 fully saturated rings. The predicted octanol–water partition coefficient (Wildman–Crippen LogP) is 6.07. The van der Waals surface area contributed by atoms with E-state index >= 15 is 0 Å². The number of nitrogens with zero attached hydrogens (tertiary/aromatic N) is 2. The van der Waals surface area contributed by atoms with Crippen molar-refractivity contribution in [2.45, 2.75) is 39.0 Å². The highest BCUT2D eigenvalue weighted by atomic mass is 32.1. The van der Waals surface area contributed by atoms with E-state index in [4.69, 9.17) is 14.2 Å². The number of aromatic nitrogens is 1. The van der Waals surface area contributed by atoms with Gasteiger partial charge in [0.1, 0.15) is 24.2 Å². The molecule has 6 rings (SSSR count). The highest BCUT2D eigenvalue weighted by molar-refractivity contribution is 7.14. The van der Waals surface area contributed by atoms with E-state index in [-0.39, 0.29) is 17.4 Å². The smallest absolute Gasteiger partial charge is 0.301 e. The minimum atomic E-state index is -0.924. The average molecular weight is 569 g/mol. The molecule has 0 spiro atoms. The molecule has 0 unspecified atom stereocenters. The number of anilines is 1. The molecule has 41 heavy (non-hydrogen) atoms. The number of carbonyl (C=O) groups excluding carboxylic acids is 2. The van der Waals surface area contributed by atoms with Crippen LogP contribution in [0.15, 0.2) is 83.9 Å². The molecule has 2 aliphatic rings. The van der Waals surface area contributed by atoms with Crippen molar-refractivity contribution in [3.8, 4) is 17.2 Å². The summed E-state index contributed by atoms with van der Waals surface area (Å²) in [6.07, 6.45) is 2.29. The van der Waals surface area contributed by atoms with Crippen LogP contribution in [0.3, 0.4) is 0 Å². The number of aliphatic hydroxyl groups excluding tert-OH is 1. The van der Waals surface area contributed by atoms with Crippen LogP contribution in [0.25, 0.3) is 5.76 Å². The molecule has 9 heteroatoms. The highest BCUT2D eigenvalue weighted by Crippen LogP contribution is 2.45. The number of fused-ring (bicyclic) bond motifs is 1.